The van der Waals surface area contributed by atoms with Gasteiger partial charge >= 0.3 is 5.97 Å². The second-order valence-corrected chi connectivity index (χ2v) is 13.3. The Morgan fingerprint density at radius 2 is 1.29 bits per heavy atom. The number of hydrogen-bond acceptors (Lipinski definition) is 20. The van der Waals surface area contributed by atoms with E-state index in [1.54, 1.807) is 0 Å². The molecule has 0 spiro atoms. The number of aromatic hydroxyl groups is 4. The number of phenols is 4. The van der Waals surface area contributed by atoms with E-state index in [0.717, 1.165) is 12.1 Å². The predicted octanol–water partition coefficient (Wildman–Crippen LogP) is -3.19. The smallest absolute Gasteiger partial charge is 0.331 e. The minimum atomic E-state index is -1.88. The van der Waals surface area contributed by atoms with Crippen molar-refractivity contribution >= 4 is 12.0 Å². The molecule has 15 atom stereocenters. The third-order valence-corrected chi connectivity index (χ3v) is 9.36. The lowest BCUT2D eigenvalue weighted by Gasteiger charge is -2.47. The number of ether oxygens (including phenoxy) is 7. The van der Waals surface area contributed by atoms with E-state index in [9.17, 15) is 66.1 Å². The number of phenolic OH excluding ortho intramolecular Hbond substituents is 4. The number of aliphatic hydroxyl groups excluding tert-OH is 8. The van der Waals surface area contributed by atoms with Crippen LogP contribution in [0.15, 0.2) is 42.5 Å². The molecule has 0 unspecified atom stereocenters. The van der Waals surface area contributed by atoms with Crippen molar-refractivity contribution in [1.29, 1.82) is 0 Å². The number of hydrogen-bond donors (Lipinski definition) is 12. The summed E-state index contributed by atoms with van der Waals surface area (Å²) in [5, 5.41) is 123. The van der Waals surface area contributed by atoms with Crippen LogP contribution in [0.5, 0.6) is 23.0 Å². The summed E-state index contributed by atoms with van der Waals surface area (Å²) < 4.78 is 40.2. The van der Waals surface area contributed by atoms with Gasteiger partial charge in [0.1, 0.15) is 61.0 Å². The van der Waals surface area contributed by atoms with Gasteiger partial charge in [0.2, 0.25) is 0 Å². The van der Waals surface area contributed by atoms with Gasteiger partial charge < -0.3 is 94.4 Å². The van der Waals surface area contributed by atoms with Gasteiger partial charge in [-0.2, -0.15) is 0 Å². The quantitative estimate of drug-likeness (QED) is 0.0541. The summed E-state index contributed by atoms with van der Waals surface area (Å²) in [5.41, 5.74) is 0.773. The Balaban J connectivity index is 1.43. The molecule has 55 heavy (non-hydrogen) atoms. The van der Waals surface area contributed by atoms with Crippen LogP contribution in [0.3, 0.4) is 0 Å². The van der Waals surface area contributed by atoms with E-state index >= 15 is 0 Å². The first-order chi connectivity index (χ1) is 26.1. The molecule has 5 rings (SSSR count). The van der Waals surface area contributed by atoms with E-state index < -0.39 is 123 Å². The summed E-state index contributed by atoms with van der Waals surface area (Å²) in [6.45, 7) is -0.254. The number of aliphatic hydroxyl groups is 8. The fourth-order valence-corrected chi connectivity index (χ4v) is 6.14. The highest BCUT2D eigenvalue weighted by Crippen LogP contribution is 2.33. The standard InChI is InChI=1S/C35H46O20/c1-14-24(42)26(44)29(47)35(51-14)55-32-30(48)34(49-9-8-16-3-6-18(38)20(40)11-16)53-22(13-50-33-28(46)27(45)25(43)21(12-36)52-33)31(32)54-23(41)7-4-15-2-5-17(37)19(39)10-15/h2-7,10-11,14,21-22,24-40,42-48H,8-9,12-13H2,1H3/t14-,21+,22+,24-,25-,26+,27-,28+,29+,30+,31+,32+,33+,34+,35-/m0/s1. The zero-order valence-electron chi connectivity index (χ0n) is 29.2. The van der Waals surface area contributed by atoms with Crippen LogP contribution in [0.4, 0.5) is 0 Å². The molecule has 306 valence electrons. The maximum atomic E-state index is 13.3. The normalized spacial score (nSPS) is 36.9. The van der Waals surface area contributed by atoms with E-state index in [0.29, 0.717) is 5.56 Å². The van der Waals surface area contributed by atoms with Gasteiger partial charge in [-0.05, 0) is 54.8 Å². The molecule has 0 amide bonds. The van der Waals surface area contributed by atoms with Crippen LogP contribution in [0, 0.1) is 0 Å². The Hall–Kier alpha value is -3.71. The predicted molar refractivity (Wildman–Crippen MR) is 180 cm³/mol. The molecule has 0 saturated carbocycles. The summed E-state index contributed by atoms with van der Waals surface area (Å²) in [7, 11) is 0. The first kappa shape index (κ1) is 42.4. The van der Waals surface area contributed by atoms with E-state index in [1.807, 2.05) is 0 Å². The zero-order valence-corrected chi connectivity index (χ0v) is 29.2. The summed E-state index contributed by atoms with van der Waals surface area (Å²) in [6, 6.07) is 7.75. The lowest BCUT2D eigenvalue weighted by molar-refractivity contribution is -0.364. The molecule has 12 N–H and O–H groups in total. The lowest BCUT2D eigenvalue weighted by atomic mass is 9.96. The van der Waals surface area contributed by atoms with Crippen LogP contribution in [0.25, 0.3) is 6.08 Å². The third kappa shape index (κ3) is 10.0. The maximum Gasteiger partial charge on any atom is 0.331 e. The van der Waals surface area contributed by atoms with Crippen LogP contribution >= 0.6 is 0 Å². The summed E-state index contributed by atoms with van der Waals surface area (Å²) in [5.74, 6) is -2.71. The molecule has 0 aliphatic carbocycles. The Morgan fingerprint density at radius 1 is 0.673 bits per heavy atom. The number of rotatable bonds is 13. The molecule has 3 aliphatic heterocycles. The zero-order chi connectivity index (χ0) is 40.1. The van der Waals surface area contributed by atoms with Gasteiger partial charge in [-0.3, -0.25) is 0 Å². The molecule has 0 aromatic heterocycles. The fourth-order valence-electron chi connectivity index (χ4n) is 6.14. The van der Waals surface area contributed by atoms with Gasteiger partial charge in [0.15, 0.2) is 48.0 Å². The van der Waals surface area contributed by atoms with Gasteiger partial charge in [-0.25, -0.2) is 4.79 Å². The molecule has 2 aromatic carbocycles. The molecule has 3 fully saturated rings. The minimum Gasteiger partial charge on any atom is -0.504 e. The van der Waals surface area contributed by atoms with Crippen molar-refractivity contribution in [3.05, 3.63) is 53.6 Å². The molecular formula is C35H46O20. The lowest BCUT2D eigenvalue weighted by Crippen LogP contribution is -2.65. The molecule has 0 radical (unpaired) electrons. The average molecular weight is 787 g/mol. The van der Waals surface area contributed by atoms with Crippen molar-refractivity contribution in [2.45, 2.75) is 105 Å². The Kier molecular flexibility index (Phi) is 14.3. The van der Waals surface area contributed by atoms with Gasteiger partial charge in [-0.15, -0.1) is 0 Å². The van der Waals surface area contributed by atoms with Crippen LogP contribution in [-0.4, -0.2) is 179 Å². The topological polar surface area (TPSA) is 324 Å². The Labute approximate surface area is 313 Å². The van der Waals surface area contributed by atoms with Gasteiger partial charge in [0, 0.05) is 6.08 Å². The Bertz CT molecular complexity index is 1610. The van der Waals surface area contributed by atoms with Crippen LogP contribution in [0.1, 0.15) is 18.1 Å². The molecular weight excluding hydrogens is 740 g/mol. The van der Waals surface area contributed by atoms with Crippen molar-refractivity contribution in [2.75, 3.05) is 19.8 Å². The van der Waals surface area contributed by atoms with Gasteiger partial charge in [0.25, 0.3) is 0 Å². The number of carbonyl (C=O) groups excluding carboxylic acids is 1. The highest BCUT2D eigenvalue weighted by Gasteiger charge is 2.53. The van der Waals surface area contributed by atoms with E-state index in [2.05, 4.69) is 0 Å². The highest BCUT2D eigenvalue weighted by atomic mass is 16.8. The number of esters is 1. The minimum absolute atomic E-state index is 0.111. The van der Waals surface area contributed by atoms with Gasteiger partial charge in [-0.1, -0.05) is 12.1 Å². The molecule has 3 heterocycles. The SMILES string of the molecule is C[C@@H]1O[C@@H](O[C@@H]2[C@@H](O)[C@H](OCCc3ccc(O)c(O)c3)O[C@H](CO[C@@H]3O[C@H](CO)[C@H](O)[C@H](O)[C@H]3O)[C@H]2OC(=O)C=Cc2ccc(O)c(O)c2)[C@H](O)[C@H](O)[C@H]1O. The molecule has 3 aliphatic rings. The number of carbonyl (C=O) groups is 1. The van der Waals surface area contributed by atoms with Crippen molar-refractivity contribution in [1.82, 2.24) is 0 Å². The molecule has 20 nitrogen and oxygen atoms in total. The fraction of sp³-hybridized carbons (Fsp3) is 0.571. The molecule has 20 heteroatoms. The van der Waals surface area contributed by atoms with Crippen molar-refractivity contribution in [2.24, 2.45) is 0 Å². The second kappa shape index (κ2) is 18.5. The van der Waals surface area contributed by atoms with Crippen LogP contribution in [-0.2, 0) is 44.4 Å². The van der Waals surface area contributed by atoms with E-state index in [4.69, 9.17) is 33.2 Å². The highest BCUT2D eigenvalue weighted by molar-refractivity contribution is 5.87. The maximum absolute atomic E-state index is 13.3. The second-order valence-electron chi connectivity index (χ2n) is 13.3. The first-order valence-corrected chi connectivity index (χ1v) is 17.2. The van der Waals surface area contributed by atoms with Crippen molar-refractivity contribution in [3.63, 3.8) is 0 Å². The molecule has 2 aromatic rings. The average Bonchev–Trinajstić information content (AvgIpc) is 3.16. The summed E-state index contributed by atoms with van der Waals surface area (Å²) in [6.07, 6.45) is -22.6. The van der Waals surface area contributed by atoms with Crippen LogP contribution < -0.4 is 0 Å². The van der Waals surface area contributed by atoms with Crippen LogP contribution in [0.2, 0.25) is 0 Å². The summed E-state index contributed by atoms with van der Waals surface area (Å²) in [4.78, 5) is 13.3. The monoisotopic (exact) mass is 786 g/mol. The van der Waals surface area contributed by atoms with E-state index in [-0.39, 0.29) is 30.1 Å². The largest absolute Gasteiger partial charge is 0.504 e. The molecule has 0 bridgehead atoms. The molecule has 3 saturated heterocycles. The van der Waals surface area contributed by atoms with Crippen molar-refractivity contribution < 1.29 is 99.2 Å². The summed E-state index contributed by atoms with van der Waals surface area (Å²) >= 11 is 0. The van der Waals surface area contributed by atoms with E-state index in [1.165, 1.54) is 43.3 Å². The van der Waals surface area contributed by atoms with Gasteiger partial charge in [0.05, 0.1) is 25.9 Å². The third-order valence-electron chi connectivity index (χ3n) is 9.36. The number of benzene rings is 2. The van der Waals surface area contributed by atoms with Crippen molar-refractivity contribution in [3.8, 4) is 23.0 Å². The first-order valence-electron chi connectivity index (χ1n) is 17.2. The Morgan fingerprint density at radius 3 is 1.96 bits per heavy atom.